The van der Waals surface area contributed by atoms with E-state index in [9.17, 15) is 5.11 Å². The maximum absolute atomic E-state index is 10.1. The minimum absolute atomic E-state index is 0.348. The smallest absolute Gasteiger partial charge is 0.115 e. The number of likely N-dealkylation sites (tertiary alicyclic amines) is 1. The standard InChI is InChI=1S/C22H34N2O/c1-3-23(4-2)13-14-24-12-11-22-10-6-5-7-19(22)21(24)15-17-8-9-18(25)16-20(17)22/h8-9,16,19,21,25H,3-7,10-15H2,1-2H3/t19-,21+,22-/m0/s1. The molecule has 2 bridgehead atoms. The van der Waals surface area contributed by atoms with E-state index < -0.39 is 0 Å². The summed E-state index contributed by atoms with van der Waals surface area (Å²) in [6.07, 6.45) is 7.91. The van der Waals surface area contributed by atoms with Crippen molar-refractivity contribution in [3.05, 3.63) is 29.3 Å². The number of likely N-dealkylation sites (N-methyl/N-ethyl adjacent to an activating group) is 1. The van der Waals surface area contributed by atoms with Crippen molar-refractivity contribution in [1.82, 2.24) is 9.80 Å². The first-order chi connectivity index (χ1) is 12.2. The summed E-state index contributed by atoms with van der Waals surface area (Å²) in [5, 5.41) is 10.1. The number of aromatic hydroxyl groups is 1. The fourth-order valence-corrected chi connectivity index (χ4v) is 6.16. The third-order valence-electron chi connectivity index (χ3n) is 7.53. The highest BCUT2D eigenvalue weighted by Gasteiger charge is 2.53. The van der Waals surface area contributed by atoms with Crippen molar-refractivity contribution in [2.75, 3.05) is 32.7 Å². The summed E-state index contributed by atoms with van der Waals surface area (Å²) in [6.45, 7) is 10.5. The van der Waals surface area contributed by atoms with Gasteiger partial charge in [0, 0.05) is 24.5 Å². The number of piperidine rings is 1. The van der Waals surface area contributed by atoms with E-state index in [1.165, 1.54) is 69.3 Å². The summed E-state index contributed by atoms with van der Waals surface area (Å²) in [5.74, 6) is 1.25. The molecule has 0 unspecified atom stereocenters. The Kier molecular flexibility index (Phi) is 4.81. The number of nitrogens with zero attached hydrogens (tertiary/aromatic N) is 2. The number of hydrogen-bond donors (Lipinski definition) is 1. The van der Waals surface area contributed by atoms with Crippen LogP contribution in [-0.4, -0.2) is 53.7 Å². The van der Waals surface area contributed by atoms with Crippen LogP contribution in [-0.2, 0) is 11.8 Å². The van der Waals surface area contributed by atoms with Gasteiger partial charge in [-0.2, -0.15) is 0 Å². The van der Waals surface area contributed by atoms with Gasteiger partial charge in [0.25, 0.3) is 0 Å². The Hall–Kier alpha value is -1.06. The van der Waals surface area contributed by atoms with Gasteiger partial charge in [-0.1, -0.05) is 32.8 Å². The molecule has 138 valence electrons. The van der Waals surface area contributed by atoms with Gasteiger partial charge in [-0.3, -0.25) is 4.90 Å². The quantitative estimate of drug-likeness (QED) is 0.882. The van der Waals surface area contributed by atoms with Crippen LogP contribution in [0.4, 0.5) is 0 Å². The van der Waals surface area contributed by atoms with Gasteiger partial charge >= 0.3 is 0 Å². The molecule has 2 fully saturated rings. The average molecular weight is 343 g/mol. The second kappa shape index (κ2) is 6.92. The predicted octanol–water partition coefficient (Wildman–Crippen LogP) is 3.79. The van der Waals surface area contributed by atoms with Crippen molar-refractivity contribution in [3.8, 4) is 5.75 Å². The molecule has 1 N–H and O–H groups in total. The Morgan fingerprint density at radius 1 is 1.20 bits per heavy atom. The summed E-state index contributed by atoms with van der Waals surface area (Å²) in [7, 11) is 0. The minimum atomic E-state index is 0.348. The van der Waals surface area contributed by atoms with Crippen LogP contribution >= 0.6 is 0 Å². The molecule has 1 aromatic rings. The topological polar surface area (TPSA) is 26.7 Å². The third kappa shape index (κ3) is 2.90. The molecule has 3 atom stereocenters. The van der Waals surface area contributed by atoms with Gasteiger partial charge in [-0.15, -0.1) is 0 Å². The van der Waals surface area contributed by atoms with E-state index in [2.05, 4.69) is 35.8 Å². The van der Waals surface area contributed by atoms with Crippen LogP contribution in [0.5, 0.6) is 5.75 Å². The number of phenolic OH excluding ortho intramolecular Hbond substituents is 1. The molecule has 1 saturated carbocycles. The molecule has 1 aromatic carbocycles. The summed E-state index contributed by atoms with van der Waals surface area (Å²) in [5.41, 5.74) is 3.35. The maximum Gasteiger partial charge on any atom is 0.115 e. The molecule has 1 heterocycles. The summed E-state index contributed by atoms with van der Waals surface area (Å²) < 4.78 is 0. The van der Waals surface area contributed by atoms with Crippen molar-refractivity contribution in [3.63, 3.8) is 0 Å². The lowest BCUT2D eigenvalue weighted by molar-refractivity contribution is -0.0146. The van der Waals surface area contributed by atoms with Crippen LogP contribution in [0.15, 0.2) is 18.2 Å². The Bertz CT molecular complexity index is 612. The second-order valence-electron chi connectivity index (χ2n) is 8.43. The summed E-state index contributed by atoms with van der Waals surface area (Å²) in [6, 6.07) is 6.92. The van der Waals surface area contributed by atoms with E-state index >= 15 is 0 Å². The van der Waals surface area contributed by atoms with Gasteiger partial charge in [0.1, 0.15) is 5.75 Å². The molecular weight excluding hydrogens is 308 g/mol. The van der Waals surface area contributed by atoms with Crippen molar-refractivity contribution in [2.45, 2.75) is 63.8 Å². The molecule has 4 rings (SSSR count). The fraction of sp³-hybridized carbons (Fsp3) is 0.727. The highest BCUT2D eigenvalue weighted by atomic mass is 16.3. The first-order valence-corrected chi connectivity index (χ1v) is 10.5. The Morgan fingerprint density at radius 2 is 2.04 bits per heavy atom. The van der Waals surface area contributed by atoms with Gasteiger partial charge in [0.15, 0.2) is 0 Å². The number of rotatable bonds is 5. The van der Waals surface area contributed by atoms with Gasteiger partial charge in [-0.05, 0) is 74.5 Å². The van der Waals surface area contributed by atoms with Crippen LogP contribution in [0, 0.1) is 5.92 Å². The maximum atomic E-state index is 10.1. The van der Waals surface area contributed by atoms with E-state index in [1.54, 1.807) is 0 Å². The SMILES string of the molecule is CCN(CC)CCN1CC[C@@]23CCCC[C@H]2[C@H]1Cc1ccc(O)cc13. The van der Waals surface area contributed by atoms with Crippen LogP contribution in [0.3, 0.4) is 0 Å². The second-order valence-corrected chi connectivity index (χ2v) is 8.43. The summed E-state index contributed by atoms with van der Waals surface area (Å²) >= 11 is 0. The van der Waals surface area contributed by atoms with Gasteiger partial charge < -0.3 is 10.0 Å². The molecule has 0 amide bonds. The molecule has 25 heavy (non-hydrogen) atoms. The molecule has 0 radical (unpaired) electrons. The monoisotopic (exact) mass is 342 g/mol. The predicted molar refractivity (Wildman–Crippen MR) is 103 cm³/mol. The Balaban J connectivity index is 1.62. The number of phenols is 1. The highest BCUT2D eigenvalue weighted by molar-refractivity contribution is 5.45. The molecule has 0 spiro atoms. The fourth-order valence-electron chi connectivity index (χ4n) is 6.16. The van der Waals surface area contributed by atoms with Crippen LogP contribution in [0.1, 0.15) is 57.1 Å². The molecule has 3 aliphatic rings. The molecule has 3 heteroatoms. The van der Waals surface area contributed by atoms with Crippen molar-refractivity contribution < 1.29 is 5.11 Å². The number of hydrogen-bond acceptors (Lipinski definition) is 3. The zero-order valence-electron chi connectivity index (χ0n) is 16.0. The van der Waals surface area contributed by atoms with Gasteiger partial charge in [0.05, 0.1) is 0 Å². The van der Waals surface area contributed by atoms with Crippen molar-refractivity contribution in [1.29, 1.82) is 0 Å². The molecule has 1 saturated heterocycles. The molecule has 1 aliphatic heterocycles. The highest BCUT2D eigenvalue weighted by Crippen LogP contribution is 2.56. The van der Waals surface area contributed by atoms with Gasteiger partial charge in [-0.25, -0.2) is 0 Å². The van der Waals surface area contributed by atoms with Crippen LogP contribution < -0.4 is 0 Å². The largest absolute Gasteiger partial charge is 0.508 e. The van der Waals surface area contributed by atoms with Gasteiger partial charge in [0.2, 0.25) is 0 Å². The molecule has 3 nitrogen and oxygen atoms in total. The minimum Gasteiger partial charge on any atom is -0.508 e. The third-order valence-corrected chi connectivity index (χ3v) is 7.53. The first-order valence-electron chi connectivity index (χ1n) is 10.5. The number of benzene rings is 1. The molecule has 2 aliphatic carbocycles. The lowest BCUT2D eigenvalue weighted by atomic mass is 9.52. The van der Waals surface area contributed by atoms with E-state index in [0.717, 1.165) is 19.0 Å². The van der Waals surface area contributed by atoms with Crippen LogP contribution in [0.25, 0.3) is 0 Å². The molecular formula is C22H34N2O. The zero-order valence-corrected chi connectivity index (χ0v) is 16.0. The lowest BCUT2D eigenvalue weighted by Crippen LogP contribution is -2.61. The lowest BCUT2D eigenvalue weighted by Gasteiger charge is -2.59. The van der Waals surface area contributed by atoms with E-state index in [0.29, 0.717) is 17.2 Å². The zero-order chi connectivity index (χ0) is 17.4. The average Bonchev–Trinajstić information content (AvgIpc) is 2.64. The first kappa shape index (κ1) is 17.4. The normalized spacial score (nSPS) is 31.6. The molecule has 0 aromatic heterocycles. The Morgan fingerprint density at radius 3 is 2.84 bits per heavy atom. The van der Waals surface area contributed by atoms with E-state index in [4.69, 9.17) is 0 Å². The number of fused-ring (bicyclic) bond motifs is 1. The van der Waals surface area contributed by atoms with Crippen molar-refractivity contribution >= 4 is 0 Å². The Labute approximate surface area is 153 Å². The van der Waals surface area contributed by atoms with Crippen LogP contribution in [0.2, 0.25) is 0 Å². The van der Waals surface area contributed by atoms with Crippen molar-refractivity contribution in [2.24, 2.45) is 5.92 Å². The van der Waals surface area contributed by atoms with E-state index in [1.807, 2.05) is 6.07 Å². The summed E-state index contributed by atoms with van der Waals surface area (Å²) in [4.78, 5) is 5.36. The van der Waals surface area contributed by atoms with E-state index in [-0.39, 0.29) is 0 Å².